The van der Waals surface area contributed by atoms with Gasteiger partial charge in [-0.1, -0.05) is 36.4 Å². The molecule has 0 aliphatic carbocycles. The third-order valence-corrected chi connectivity index (χ3v) is 4.50. The second-order valence-electron chi connectivity index (χ2n) is 5.18. The van der Waals surface area contributed by atoms with Crippen molar-refractivity contribution < 1.29 is 4.74 Å². The molecule has 1 heterocycles. The number of methoxy groups -OCH3 is 1. The molecule has 114 valence electrons. The van der Waals surface area contributed by atoms with Gasteiger partial charge in [-0.3, -0.25) is 0 Å². The Bertz CT molecular complexity index is 739. The Labute approximate surface area is 135 Å². The van der Waals surface area contributed by atoms with Crippen LogP contribution >= 0.6 is 11.3 Å². The molecule has 0 fully saturated rings. The number of fused-ring (bicyclic) bond motifs is 1. The minimum absolute atomic E-state index is 0.750. The van der Waals surface area contributed by atoms with Crippen LogP contribution in [0.25, 0.3) is 22.0 Å². The number of ether oxygens (including phenoxy) is 1. The molecule has 0 spiro atoms. The van der Waals surface area contributed by atoms with Crippen molar-refractivity contribution in [1.29, 1.82) is 0 Å². The maximum absolute atomic E-state index is 5.02. The average Bonchev–Trinajstić information content (AvgIpc) is 3.03. The molecule has 2 aromatic carbocycles. The summed E-state index contributed by atoms with van der Waals surface area (Å²) in [7, 11) is 1.72. The summed E-state index contributed by atoms with van der Waals surface area (Å²) in [4.78, 5) is 4.75. The zero-order chi connectivity index (χ0) is 15.2. The predicted octanol–water partition coefficient (Wildman–Crippen LogP) is 3.74. The Hall–Kier alpha value is -1.75. The van der Waals surface area contributed by atoms with Crippen molar-refractivity contribution in [2.45, 2.75) is 6.42 Å². The van der Waals surface area contributed by atoms with Crippen LogP contribution < -0.4 is 5.32 Å². The summed E-state index contributed by atoms with van der Waals surface area (Å²) in [6, 6.07) is 15.0. The van der Waals surface area contributed by atoms with Gasteiger partial charge in [-0.2, -0.15) is 0 Å². The molecule has 0 aliphatic rings. The number of nitrogens with one attached hydrogen (secondary N) is 1. The molecule has 3 nitrogen and oxygen atoms in total. The van der Waals surface area contributed by atoms with E-state index in [1.165, 1.54) is 21.3 Å². The van der Waals surface area contributed by atoms with Crippen LogP contribution in [0.15, 0.2) is 47.8 Å². The molecule has 0 amide bonds. The van der Waals surface area contributed by atoms with Crippen LogP contribution in [-0.4, -0.2) is 31.8 Å². The van der Waals surface area contributed by atoms with Gasteiger partial charge in [-0.15, -0.1) is 11.3 Å². The molecule has 1 aromatic heterocycles. The molecule has 0 unspecified atom stereocenters. The fourth-order valence-electron chi connectivity index (χ4n) is 2.40. The van der Waals surface area contributed by atoms with Crippen molar-refractivity contribution in [3.05, 3.63) is 52.9 Å². The van der Waals surface area contributed by atoms with Crippen LogP contribution in [0.3, 0.4) is 0 Å². The van der Waals surface area contributed by atoms with Gasteiger partial charge >= 0.3 is 0 Å². The lowest BCUT2D eigenvalue weighted by Gasteiger charge is -2.02. The van der Waals surface area contributed by atoms with E-state index in [1.807, 2.05) is 0 Å². The minimum atomic E-state index is 0.750. The van der Waals surface area contributed by atoms with E-state index in [1.54, 1.807) is 18.4 Å². The third-order valence-electron chi connectivity index (χ3n) is 3.60. The first-order valence-corrected chi connectivity index (χ1v) is 8.38. The third kappa shape index (κ3) is 3.71. The smallest absolute Gasteiger partial charge is 0.0945 e. The highest BCUT2D eigenvalue weighted by Crippen LogP contribution is 2.25. The summed E-state index contributed by atoms with van der Waals surface area (Å²) in [6.07, 6.45) is 0.960. The van der Waals surface area contributed by atoms with E-state index < -0.39 is 0 Å². The molecule has 0 atom stereocenters. The number of hydrogen-bond donors (Lipinski definition) is 1. The van der Waals surface area contributed by atoms with Gasteiger partial charge in [-0.25, -0.2) is 4.98 Å². The summed E-state index contributed by atoms with van der Waals surface area (Å²) in [5, 5.41) is 9.20. The van der Waals surface area contributed by atoms with Crippen LogP contribution in [0, 0.1) is 0 Å². The number of thiazole rings is 1. The lowest BCUT2D eigenvalue weighted by Crippen LogP contribution is -2.21. The summed E-state index contributed by atoms with van der Waals surface area (Å²) < 4.78 is 5.02. The van der Waals surface area contributed by atoms with Crippen LogP contribution in [0.5, 0.6) is 0 Å². The summed E-state index contributed by atoms with van der Waals surface area (Å²) in [5.74, 6) is 0. The number of rotatable bonds is 7. The minimum Gasteiger partial charge on any atom is -0.383 e. The van der Waals surface area contributed by atoms with E-state index in [0.29, 0.717) is 0 Å². The Kier molecular flexibility index (Phi) is 5.16. The molecule has 1 N–H and O–H groups in total. The van der Waals surface area contributed by atoms with Crippen molar-refractivity contribution in [2.24, 2.45) is 0 Å². The molecule has 4 heteroatoms. The number of nitrogens with zero attached hydrogens (tertiary/aromatic N) is 1. The Balaban J connectivity index is 1.66. The van der Waals surface area contributed by atoms with Gasteiger partial charge in [0.1, 0.15) is 0 Å². The fraction of sp³-hybridized carbons (Fsp3) is 0.278. The largest absolute Gasteiger partial charge is 0.383 e. The molecule has 22 heavy (non-hydrogen) atoms. The Morgan fingerprint density at radius 2 is 1.95 bits per heavy atom. The second-order valence-corrected chi connectivity index (χ2v) is 6.12. The zero-order valence-corrected chi connectivity index (χ0v) is 13.5. The van der Waals surface area contributed by atoms with E-state index in [9.17, 15) is 0 Å². The van der Waals surface area contributed by atoms with E-state index in [0.717, 1.165) is 31.8 Å². The maximum Gasteiger partial charge on any atom is 0.0945 e. The van der Waals surface area contributed by atoms with Crippen LogP contribution in [-0.2, 0) is 11.2 Å². The van der Waals surface area contributed by atoms with Gasteiger partial charge in [0, 0.05) is 37.6 Å². The molecular weight excluding hydrogens is 292 g/mol. The van der Waals surface area contributed by atoms with Gasteiger partial charge in [0.25, 0.3) is 0 Å². The Morgan fingerprint density at radius 3 is 2.82 bits per heavy atom. The normalized spacial score (nSPS) is 11.1. The summed E-state index contributed by atoms with van der Waals surface area (Å²) in [5.41, 5.74) is 2.26. The number of aromatic nitrogens is 1. The van der Waals surface area contributed by atoms with E-state index in [2.05, 4.69) is 53.2 Å². The molecule has 0 bridgehead atoms. The number of hydrogen-bond acceptors (Lipinski definition) is 4. The van der Waals surface area contributed by atoms with Crippen molar-refractivity contribution >= 4 is 22.1 Å². The lowest BCUT2D eigenvalue weighted by molar-refractivity contribution is 0.199. The van der Waals surface area contributed by atoms with Gasteiger partial charge < -0.3 is 10.1 Å². The fourth-order valence-corrected chi connectivity index (χ4v) is 3.21. The van der Waals surface area contributed by atoms with Crippen LogP contribution in [0.1, 0.15) is 5.01 Å². The monoisotopic (exact) mass is 312 g/mol. The van der Waals surface area contributed by atoms with Crippen molar-refractivity contribution in [2.75, 3.05) is 26.8 Å². The van der Waals surface area contributed by atoms with Crippen molar-refractivity contribution in [3.8, 4) is 11.3 Å². The maximum atomic E-state index is 5.02. The number of benzene rings is 2. The highest BCUT2D eigenvalue weighted by Gasteiger charge is 2.05. The summed E-state index contributed by atoms with van der Waals surface area (Å²) >= 11 is 1.73. The first kappa shape index (κ1) is 15.2. The molecule has 3 rings (SSSR count). The first-order chi connectivity index (χ1) is 10.9. The lowest BCUT2D eigenvalue weighted by atomic mass is 10.1. The molecule has 0 saturated heterocycles. The molecule has 0 saturated carbocycles. The predicted molar refractivity (Wildman–Crippen MR) is 93.5 cm³/mol. The van der Waals surface area contributed by atoms with Gasteiger partial charge in [0.05, 0.1) is 17.3 Å². The molecule has 0 radical (unpaired) electrons. The van der Waals surface area contributed by atoms with Crippen molar-refractivity contribution in [3.63, 3.8) is 0 Å². The SMILES string of the molecule is COCCNCCc1nc(-c2ccc3ccccc3c2)cs1. The first-order valence-electron chi connectivity index (χ1n) is 7.50. The second kappa shape index (κ2) is 7.49. The van der Waals surface area contributed by atoms with E-state index >= 15 is 0 Å². The standard InChI is InChI=1S/C18H20N2OS/c1-21-11-10-19-9-8-18-20-17(13-22-18)16-7-6-14-4-2-3-5-15(14)12-16/h2-7,12-13,19H,8-11H2,1H3. The van der Waals surface area contributed by atoms with Gasteiger partial charge in [0.15, 0.2) is 0 Å². The molecule has 3 aromatic rings. The topological polar surface area (TPSA) is 34.1 Å². The zero-order valence-electron chi connectivity index (χ0n) is 12.7. The van der Waals surface area contributed by atoms with Gasteiger partial charge in [-0.05, 0) is 16.8 Å². The van der Waals surface area contributed by atoms with Crippen LogP contribution in [0.2, 0.25) is 0 Å². The quantitative estimate of drug-likeness (QED) is 0.675. The van der Waals surface area contributed by atoms with Gasteiger partial charge in [0.2, 0.25) is 0 Å². The van der Waals surface area contributed by atoms with Crippen LogP contribution in [0.4, 0.5) is 0 Å². The Morgan fingerprint density at radius 1 is 1.09 bits per heavy atom. The van der Waals surface area contributed by atoms with E-state index in [-0.39, 0.29) is 0 Å². The van der Waals surface area contributed by atoms with E-state index in [4.69, 9.17) is 9.72 Å². The van der Waals surface area contributed by atoms with Crippen molar-refractivity contribution in [1.82, 2.24) is 10.3 Å². The average molecular weight is 312 g/mol. The summed E-state index contributed by atoms with van der Waals surface area (Å²) in [6.45, 7) is 2.58. The highest BCUT2D eigenvalue weighted by molar-refractivity contribution is 7.09. The highest BCUT2D eigenvalue weighted by atomic mass is 32.1. The molecule has 0 aliphatic heterocycles. The molecular formula is C18H20N2OS.